The highest BCUT2D eigenvalue weighted by Gasteiger charge is 2.16. The Morgan fingerprint density at radius 3 is 3.19 bits per heavy atom. The molecule has 3 nitrogen and oxygen atoms in total. The van der Waals surface area contributed by atoms with Crippen LogP contribution in [0.4, 0.5) is 0 Å². The van der Waals surface area contributed by atoms with Crippen molar-refractivity contribution in [1.29, 1.82) is 0 Å². The Hall–Kier alpha value is -0.420. The number of hydrogen-bond acceptors (Lipinski definition) is 4. The average molecular weight is 241 g/mol. The van der Waals surface area contributed by atoms with Gasteiger partial charge >= 0.3 is 0 Å². The van der Waals surface area contributed by atoms with E-state index in [1.807, 2.05) is 18.4 Å². The second-order valence-corrected chi connectivity index (χ2v) is 5.46. The molecule has 1 aliphatic rings. The third-order valence-electron chi connectivity index (χ3n) is 2.79. The van der Waals surface area contributed by atoms with Crippen molar-refractivity contribution in [3.8, 4) is 0 Å². The van der Waals surface area contributed by atoms with Gasteiger partial charge < -0.3 is 14.8 Å². The number of ether oxygens (including phenoxy) is 2. The number of rotatable bonds is 5. The summed E-state index contributed by atoms with van der Waals surface area (Å²) in [7, 11) is 1.97. The molecule has 2 heterocycles. The van der Waals surface area contributed by atoms with Gasteiger partial charge in [-0.05, 0) is 32.0 Å². The average Bonchev–Trinajstić information content (AvgIpc) is 2.86. The maximum atomic E-state index is 5.82. The Morgan fingerprint density at radius 2 is 2.50 bits per heavy atom. The maximum absolute atomic E-state index is 5.82. The predicted octanol–water partition coefficient (Wildman–Crippen LogP) is 2.08. The van der Waals surface area contributed by atoms with Crippen LogP contribution in [0.1, 0.15) is 21.7 Å². The van der Waals surface area contributed by atoms with Crippen molar-refractivity contribution in [3.05, 3.63) is 21.4 Å². The van der Waals surface area contributed by atoms with E-state index >= 15 is 0 Å². The molecule has 1 aromatic heterocycles. The molecule has 1 unspecified atom stereocenters. The highest BCUT2D eigenvalue weighted by Crippen LogP contribution is 2.23. The second-order valence-electron chi connectivity index (χ2n) is 4.12. The van der Waals surface area contributed by atoms with Crippen LogP contribution in [-0.4, -0.2) is 26.4 Å². The molecule has 16 heavy (non-hydrogen) atoms. The molecule has 1 aromatic rings. The van der Waals surface area contributed by atoms with Crippen LogP contribution in [0.3, 0.4) is 0 Å². The Balaban J connectivity index is 1.87. The first-order valence-electron chi connectivity index (χ1n) is 5.71. The smallest absolute Gasteiger partial charge is 0.0835 e. The highest BCUT2D eigenvalue weighted by molar-refractivity contribution is 7.12. The van der Waals surface area contributed by atoms with Crippen LogP contribution < -0.4 is 5.32 Å². The minimum absolute atomic E-state index is 0.298. The van der Waals surface area contributed by atoms with Gasteiger partial charge in [0.05, 0.1) is 19.3 Å². The van der Waals surface area contributed by atoms with Crippen LogP contribution in [0.2, 0.25) is 0 Å². The molecule has 1 fully saturated rings. The highest BCUT2D eigenvalue weighted by atomic mass is 32.1. The zero-order valence-corrected chi connectivity index (χ0v) is 10.7. The van der Waals surface area contributed by atoms with Gasteiger partial charge in [-0.2, -0.15) is 0 Å². The van der Waals surface area contributed by atoms with Crippen molar-refractivity contribution in [2.24, 2.45) is 0 Å². The lowest BCUT2D eigenvalue weighted by atomic mass is 10.2. The van der Waals surface area contributed by atoms with Gasteiger partial charge in [-0.25, -0.2) is 0 Å². The summed E-state index contributed by atoms with van der Waals surface area (Å²) in [5.74, 6) is 0. The summed E-state index contributed by atoms with van der Waals surface area (Å²) in [6.45, 7) is 5.43. The number of aryl methyl sites for hydroxylation is 1. The Morgan fingerprint density at radius 1 is 1.62 bits per heavy atom. The summed E-state index contributed by atoms with van der Waals surface area (Å²) in [6.07, 6.45) is 1.33. The van der Waals surface area contributed by atoms with Gasteiger partial charge in [0.25, 0.3) is 0 Å². The van der Waals surface area contributed by atoms with Crippen molar-refractivity contribution in [2.75, 3.05) is 20.3 Å². The van der Waals surface area contributed by atoms with E-state index < -0.39 is 0 Å². The van der Waals surface area contributed by atoms with Gasteiger partial charge in [-0.1, -0.05) is 0 Å². The first kappa shape index (κ1) is 12.0. The Kier molecular flexibility index (Phi) is 4.35. The molecule has 0 bridgehead atoms. The number of hydrogen-bond donors (Lipinski definition) is 1. The van der Waals surface area contributed by atoms with E-state index in [4.69, 9.17) is 9.47 Å². The summed E-state index contributed by atoms with van der Waals surface area (Å²) < 4.78 is 11.1. The van der Waals surface area contributed by atoms with Crippen LogP contribution >= 0.6 is 11.3 Å². The zero-order valence-electron chi connectivity index (χ0n) is 9.91. The molecular weight excluding hydrogens is 222 g/mol. The molecule has 1 atom stereocenters. The van der Waals surface area contributed by atoms with Crippen molar-refractivity contribution >= 4 is 11.3 Å². The summed E-state index contributed by atoms with van der Waals surface area (Å²) in [6, 6.07) is 2.24. The molecule has 1 saturated heterocycles. The molecule has 4 heteroatoms. The minimum atomic E-state index is 0.298. The zero-order chi connectivity index (χ0) is 11.4. The van der Waals surface area contributed by atoms with E-state index in [1.165, 1.54) is 15.3 Å². The summed E-state index contributed by atoms with van der Waals surface area (Å²) in [4.78, 5) is 2.74. The van der Waals surface area contributed by atoms with Crippen molar-refractivity contribution < 1.29 is 9.47 Å². The lowest BCUT2D eigenvalue weighted by Gasteiger charge is -2.08. The molecule has 90 valence electrons. The van der Waals surface area contributed by atoms with Crippen LogP contribution in [0.15, 0.2) is 6.07 Å². The lowest BCUT2D eigenvalue weighted by Crippen LogP contribution is -2.11. The van der Waals surface area contributed by atoms with Gasteiger partial charge in [0.15, 0.2) is 0 Å². The van der Waals surface area contributed by atoms with Gasteiger partial charge in [-0.3, -0.25) is 0 Å². The molecule has 1 aliphatic heterocycles. The van der Waals surface area contributed by atoms with Crippen LogP contribution in [0, 0.1) is 6.92 Å². The third-order valence-corrected chi connectivity index (χ3v) is 3.88. The summed E-state index contributed by atoms with van der Waals surface area (Å²) in [5, 5.41) is 3.17. The molecule has 2 rings (SSSR count). The summed E-state index contributed by atoms with van der Waals surface area (Å²) in [5.41, 5.74) is 1.32. The minimum Gasteiger partial charge on any atom is -0.379 e. The quantitative estimate of drug-likeness (QED) is 0.856. The first-order chi connectivity index (χ1) is 7.79. The number of nitrogens with one attached hydrogen (secondary N) is 1. The monoisotopic (exact) mass is 241 g/mol. The maximum Gasteiger partial charge on any atom is 0.0835 e. The Labute approximate surface area is 101 Å². The van der Waals surface area contributed by atoms with E-state index in [2.05, 4.69) is 18.3 Å². The van der Waals surface area contributed by atoms with E-state index in [1.54, 1.807) is 0 Å². The second kappa shape index (κ2) is 5.77. The SMILES string of the molecule is CNCc1cc(COC2CCOC2)c(C)s1. The van der Waals surface area contributed by atoms with Crippen LogP contribution in [0.5, 0.6) is 0 Å². The lowest BCUT2D eigenvalue weighted by molar-refractivity contribution is 0.0317. The standard InChI is InChI=1S/C12H19NO2S/c1-9-10(5-12(16-9)6-13-2)7-15-11-3-4-14-8-11/h5,11,13H,3-4,6-8H2,1-2H3. The normalized spacial score (nSPS) is 20.5. The van der Waals surface area contributed by atoms with Crippen LogP contribution in [0.25, 0.3) is 0 Å². The van der Waals surface area contributed by atoms with E-state index in [0.29, 0.717) is 6.10 Å². The third kappa shape index (κ3) is 3.04. The first-order valence-corrected chi connectivity index (χ1v) is 6.53. The molecule has 0 aromatic carbocycles. The molecule has 0 saturated carbocycles. The van der Waals surface area contributed by atoms with E-state index in [0.717, 1.165) is 32.8 Å². The fraction of sp³-hybridized carbons (Fsp3) is 0.667. The van der Waals surface area contributed by atoms with Gasteiger partial charge in [0.1, 0.15) is 0 Å². The molecule has 0 aliphatic carbocycles. The predicted molar refractivity (Wildman–Crippen MR) is 65.8 cm³/mol. The molecule has 0 radical (unpaired) electrons. The van der Waals surface area contributed by atoms with E-state index in [-0.39, 0.29) is 0 Å². The van der Waals surface area contributed by atoms with Gasteiger partial charge in [0.2, 0.25) is 0 Å². The van der Waals surface area contributed by atoms with Gasteiger partial charge in [0, 0.05) is 22.9 Å². The molecular formula is C12H19NO2S. The fourth-order valence-electron chi connectivity index (χ4n) is 1.84. The number of thiophene rings is 1. The summed E-state index contributed by atoms with van der Waals surface area (Å²) >= 11 is 1.85. The molecule has 0 amide bonds. The Bertz CT molecular complexity index is 332. The molecule has 0 spiro atoms. The fourth-order valence-corrected chi connectivity index (χ4v) is 2.90. The topological polar surface area (TPSA) is 30.5 Å². The van der Waals surface area contributed by atoms with Crippen molar-refractivity contribution in [2.45, 2.75) is 32.6 Å². The molecule has 1 N–H and O–H groups in total. The van der Waals surface area contributed by atoms with E-state index in [9.17, 15) is 0 Å². The van der Waals surface area contributed by atoms with Crippen LogP contribution in [-0.2, 0) is 22.6 Å². The van der Waals surface area contributed by atoms with Crippen molar-refractivity contribution in [3.63, 3.8) is 0 Å². The van der Waals surface area contributed by atoms with Crippen molar-refractivity contribution in [1.82, 2.24) is 5.32 Å². The largest absolute Gasteiger partial charge is 0.379 e. The van der Waals surface area contributed by atoms with Gasteiger partial charge in [-0.15, -0.1) is 11.3 Å².